The molecule has 2 atom stereocenters. The van der Waals surface area contributed by atoms with Crippen molar-refractivity contribution >= 4 is 18.3 Å². The van der Waals surface area contributed by atoms with Crippen molar-refractivity contribution < 1.29 is 4.79 Å². The lowest BCUT2D eigenvalue weighted by Crippen LogP contribution is -2.38. The molecule has 0 radical (unpaired) electrons. The highest BCUT2D eigenvalue weighted by Crippen LogP contribution is 2.24. The standard InChI is InChI=1S/C16H24N2O.ClH/c1-3-13(14-7-5-4-6-8-14)11-16(19)18(2)15-9-10-17-12-15;/h4-8,13,15,17H,3,9-12H2,1-2H3;1H. The molecule has 4 heteroatoms. The quantitative estimate of drug-likeness (QED) is 0.906. The predicted molar refractivity (Wildman–Crippen MR) is 85.4 cm³/mol. The van der Waals surface area contributed by atoms with Crippen LogP contribution in [0.5, 0.6) is 0 Å². The normalized spacial score (nSPS) is 19.2. The lowest BCUT2D eigenvalue weighted by Gasteiger charge is -2.26. The van der Waals surface area contributed by atoms with Crippen molar-refractivity contribution in [2.24, 2.45) is 0 Å². The number of halogens is 1. The van der Waals surface area contributed by atoms with Crippen LogP contribution in [-0.2, 0) is 4.79 Å². The Balaban J connectivity index is 0.00000200. The Labute approximate surface area is 128 Å². The van der Waals surface area contributed by atoms with E-state index in [1.54, 1.807) is 0 Å². The summed E-state index contributed by atoms with van der Waals surface area (Å²) < 4.78 is 0. The van der Waals surface area contributed by atoms with Gasteiger partial charge < -0.3 is 10.2 Å². The van der Waals surface area contributed by atoms with E-state index in [-0.39, 0.29) is 18.3 Å². The highest BCUT2D eigenvalue weighted by atomic mass is 35.5. The Kier molecular flexibility index (Phi) is 7.03. The predicted octanol–water partition coefficient (Wildman–Crippen LogP) is 2.81. The molecule has 2 rings (SSSR count). The zero-order valence-electron chi connectivity index (χ0n) is 12.3. The summed E-state index contributed by atoms with van der Waals surface area (Å²) in [6, 6.07) is 10.7. The lowest BCUT2D eigenvalue weighted by atomic mass is 9.92. The Morgan fingerprint density at radius 1 is 1.40 bits per heavy atom. The molecule has 0 spiro atoms. The van der Waals surface area contributed by atoms with E-state index in [4.69, 9.17) is 0 Å². The van der Waals surface area contributed by atoms with Gasteiger partial charge in [0, 0.05) is 26.1 Å². The third kappa shape index (κ3) is 4.22. The number of carbonyl (C=O) groups excluding carboxylic acids is 1. The molecule has 20 heavy (non-hydrogen) atoms. The fourth-order valence-corrected chi connectivity index (χ4v) is 2.75. The van der Waals surface area contributed by atoms with E-state index in [2.05, 4.69) is 24.4 Å². The monoisotopic (exact) mass is 296 g/mol. The number of hydrogen-bond donors (Lipinski definition) is 1. The number of rotatable bonds is 5. The minimum Gasteiger partial charge on any atom is -0.341 e. The van der Waals surface area contributed by atoms with Crippen molar-refractivity contribution in [1.82, 2.24) is 10.2 Å². The van der Waals surface area contributed by atoms with Crippen LogP contribution in [0.15, 0.2) is 30.3 Å². The zero-order valence-corrected chi connectivity index (χ0v) is 13.2. The largest absolute Gasteiger partial charge is 0.341 e. The molecular formula is C16H25ClN2O. The molecule has 0 bridgehead atoms. The molecule has 1 aromatic carbocycles. The molecule has 0 aromatic heterocycles. The molecule has 1 fully saturated rings. The second-order valence-electron chi connectivity index (χ2n) is 5.37. The lowest BCUT2D eigenvalue weighted by molar-refractivity contribution is -0.132. The Hall–Kier alpha value is -1.06. The van der Waals surface area contributed by atoms with Crippen LogP contribution >= 0.6 is 12.4 Å². The van der Waals surface area contributed by atoms with Gasteiger partial charge >= 0.3 is 0 Å². The second kappa shape index (κ2) is 8.28. The Morgan fingerprint density at radius 3 is 2.65 bits per heavy atom. The van der Waals surface area contributed by atoms with Crippen molar-refractivity contribution in [3.05, 3.63) is 35.9 Å². The van der Waals surface area contributed by atoms with Gasteiger partial charge in [-0.25, -0.2) is 0 Å². The van der Waals surface area contributed by atoms with Gasteiger partial charge in [0.25, 0.3) is 0 Å². The van der Waals surface area contributed by atoms with E-state index in [1.165, 1.54) is 5.56 Å². The molecule has 1 heterocycles. The number of likely N-dealkylation sites (N-methyl/N-ethyl adjacent to an activating group) is 1. The highest BCUT2D eigenvalue weighted by molar-refractivity contribution is 5.85. The smallest absolute Gasteiger partial charge is 0.223 e. The summed E-state index contributed by atoms with van der Waals surface area (Å²) in [6.07, 6.45) is 2.70. The van der Waals surface area contributed by atoms with Gasteiger partial charge in [-0.05, 0) is 30.9 Å². The topological polar surface area (TPSA) is 32.3 Å². The van der Waals surface area contributed by atoms with Crippen LogP contribution < -0.4 is 5.32 Å². The fraction of sp³-hybridized carbons (Fsp3) is 0.562. The summed E-state index contributed by atoms with van der Waals surface area (Å²) in [5.41, 5.74) is 1.27. The summed E-state index contributed by atoms with van der Waals surface area (Å²) in [5, 5.41) is 3.31. The van der Waals surface area contributed by atoms with E-state index < -0.39 is 0 Å². The van der Waals surface area contributed by atoms with Crippen LogP contribution in [0.25, 0.3) is 0 Å². The summed E-state index contributed by atoms with van der Waals surface area (Å²) in [7, 11) is 1.94. The number of benzene rings is 1. The summed E-state index contributed by atoms with van der Waals surface area (Å²) >= 11 is 0. The van der Waals surface area contributed by atoms with Crippen LogP contribution in [0.3, 0.4) is 0 Å². The van der Waals surface area contributed by atoms with Crippen LogP contribution in [0.4, 0.5) is 0 Å². The molecule has 1 N–H and O–H groups in total. The van der Waals surface area contributed by atoms with Crippen molar-refractivity contribution in [3.63, 3.8) is 0 Å². The first kappa shape index (κ1) is 17.0. The molecule has 1 amide bonds. The molecule has 0 aliphatic carbocycles. The van der Waals surface area contributed by atoms with Gasteiger partial charge in [0.15, 0.2) is 0 Å². The second-order valence-corrected chi connectivity index (χ2v) is 5.37. The summed E-state index contributed by atoms with van der Waals surface area (Å²) in [4.78, 5) is 14.3. The van der Waals surface area contributed by atoms with Gasteiger partial charge in [-0.3, -0.25) is 4.79 Å². The fourth-order valence-electron chi connectivity index (χ4n) is 2.75. The van der Waals surface area contributed by atoms with Crippen LogP contribution in [0.2, 0.25) is 0 Å². The van der Waals surface area contributed by atoms with Gasteiger partial charge in [0.05, 0.1) is 0 Å². The molecular weight excluding hydrogens is 272 g/mol. The molecule has 1 aliphatic rings. The SMILES string of the molecule is CCC(CC(=O)N(C)C1CCNC1)c1ccccc1.Cl. The zero-order chi connectivity index (χ0) is 13.7. The van der Waals surface area contributed by atoms with Gasteiger partial charge in [0.2, 0.25) is 5.91 Å². The molecule has 112 valence electrons. The number of carbonyl (C=O) groups is 1. The number of nitrogens with zero attached hydrogens (tertiary/aromatic N) is 1. The third-order valence-electron chi connectivity index (χ3n) is 4.16. The minimum absolute atomic E-state index is 0. The summed E-state index contributed by atoms with van der Waals surface area (Å²) in [6.45, 7) is 4.12. The first-order valence-electron chi connectivity index (χ1n) is 7.23. The van der Waals surface area contributed by atoms with Crippen LogP contribution in [0.1, 0.15) is 37.7 Å². The molecule has 2 unspecified atom stereocenters. The Morgan fingerprint density at radius 2 is 2.10 bits per heavy atom. The average molecular weight is 297 g/mol. The maximum absolute atomic E-state index is 12.4. The summed E-state index contributed by atoms with van der Waals surface area (Å²) in [5.74, 6) is 0.606. The Bertz CT molecular complexity index is 404. The third-order valence-corrected chi connectivity index (χ3v) is 4.16. The molecule has 0 saturated carbocycles. The van der Waals surface area contributed by atoms with E-state index in [0.29, 0.717) is 18.4 Å². The van der Waals surface area contributed by atoms with Gasteiger partial charge in [-0.1, -0.05) is 37.3 Å². The van der Waals surface area contributed by atoms with Gasteiger partial charge in [-0.15, -0.1) is 12.4 Å². The number of nitrogens with one attached hydrogen (secondary N) is 1. The van der Waals surface area contributed by atoms with Crippen molar-refractivity contribution in [2.75, 3.05) is 20.1 Å². The van der Waals surface area contributed by atoms with Gasteiger partial charge in [-0.2, -0.15) is 0 Å². The van der Waals surface area contributed by atoms with Gasteiger partial charge in [0.1, 0.15) is 0 Å². The maximum Gasteiger partial charge on any atom is 0.223 e. The van der Waals surface area contributed by atoms with E-state index >= 15 is 0 Å². The van der Waals surface area contributed by atoms with E-state index in [0.717, 1.165) is 25.9 Å². The molecule has 3 nitrogen and oxygen atoms in total. The first-order valence-corrected chi connectivity index (χ1v) is 7.23. The molecule has 1 aromatic rings. The van der Waals surface area contributed by atoms with Crippen molar-refractivity contribution in [2.45, 2.75) is 38.1 Å². The maximum atomic E-state index is 12.4. The molecule has 1 aliphatic heterocycles. The van der Waals surface area contributed by atoms with E-state index in [1.807, 2.05) is 30.1 Å². The minimum atomic E-state index is 0. The van der Waals surface area contributed by atoms with Crippen molar-refractivity contribution in [3.8, 4) is 0 Å². The van der Waals surface area contributed by atoms with E-state index in [9.17, 15) is 4.79 Å². The number of amides is 1. The van der Waals surface area contributed by atoms with Crippen LogP contribution in [0, 0.1) is 0 Å². The van der Waals surface area contributed by atoms with Crippen molar-refractivity contribution in [1.29, 1.82) is 0 Å². The molecule has 1 saturated heterocycles. The first-order chi connectivity index (χ1) is 9.22. The highest BCUT2D eigenvalue weighted by Gasteiger charge is 2.25. The average Bonchev–Trinajstić information content (AvgIpc) is 2.98. The van der Waals surface area contributed by atoms with Crippen LogP contribution in [-0.4, -0.2) is 37.0 Å². The number of hydrogen-bond acceptors (Lipinski definition) is 2.